The number of imidazole rings is 1. The minimum Gasteiger partial charge on any atom is -0.333 e. The number of hydrogen-bond donors (Lipinski definition) is 2. The van der Waals surface area contributed by atoms with E-state index in [0.717, 1.165) is 11.3 Å². The summed E-state index contributed by atoms with van der Waals surface area (Å²) in [4.78, 5) is 31.8. The van der Waals surface area contributed by atoms with E-state index in [1.165, 1.54) is 4.90 Å². The van der Waals surface area contributed by atoms with E-state index in [1.807, 2.05) is 83.3 Å². The highest BCUT2D eigenvalue weighted by atomic mass is 35.5. The Hall–Kier alpha value is -3.32. The first kappa shape index (κ1) is 24.3. The van der Waals surface area contributed by atoms with Gasteiger partial charge in [0.2, 0.25) is 11.9 Å². The van der Waals surface area contributed by atoms with Gasteiger partial charge in [-0.25, -0.2) is 9.78 Å². The van der Waals surface area contributed by atoms with Crippen LogP contribution in [0.15, 0.2) is 60.8 Å². The van der Waals surface area contributed by atoms with Crippen molar-refractivity contribution < 1.29 is 9.59 Å². The number of nitrogens with one attached hydrogen (secondary N) is 2. The molecule has 1 heterocycles. The van der Waals surface area contributed by atoms with E-state index in [2.05, 4.69) is 15.6 Å². The van der Waals surface area contributed by atoms with Crippen LogP contribution in [0.5, 0.6) is 0 Å². The highest BCUT2D eigenvalue weighted by molar-refractivity contribution is 6.30. The maximum absolute atomic E-state index is 13.0. The molecular weight excluding hydrogens is 438 g/mol. The molecule has 2 N–H and O–H groups in total. The van der Waals surface area contributed by atoms with Gasteiger partial charge in [0, 0.05) is 34.1 Å². The van der Waals surface area contributed by atoms with Crippen LogP contribution in [0, 0.1) is 0 Å². The molecule has 2 aromatic carbocycles. The number of nitrogens with zero attached hydrogens (tertiary/aromatic N) is 3. The Balaban J connectivity index is 1.89. The Morgan fingerprint density at radius 3 is 2.39 bits per heavy atom. The van der Waals surface area contributed by atoms with Gasteiger partial charge in [0.1, 0.15) is 6.54 Å². The second-order valence-electron chi connectivity index (χ2n) is 9.12. The lowest BCUT2D eigenvalue weighted by Crippen LogP contribution is -2.52. The second kappa shape index (κ2) is 10.1. The Morgan fingerprint density at radius 1 is 1.09 bits per heavy atom. The number of amides is 3. The molecule has 3 rings (SSSR count). The minimum absolute atomic E-state index is 0.108. The molecule has 33 heavy (non-hydrogen) atoms. The van der Waals surface area contributed by atoms with Crippen molar-refractivity contribution in [2.24, 2.45) is 0 Å². The highest BCUT2D eigenvalue weighted by Gasteiger charge is 2.25. The van der Waals surface area contributed by atoms with Gasteiger partial charge in [-0.1, -0.05) is 48.0 Å². The van der Waals surface area contributed by atoms with Crippen molar-refractivity contribution >= 4 is 29.5 Å². The molecule has 1 aromatic heterocycles. The topological polar surface area (TPSA) is 79.3 Å². The summed E-state index contributed by atoms with van der Waals surface area (Å²) in [5, 5.41) is 6.35. The highest BCUT2D eigenvalue weighted by Crippen LogP contribution is 2.25. The number of hydrogen-bond acceptors (Lipinski definition) is 3. The van der Waals surface area contributed by atoms with Gasteiger partial charge in [-0.05, 0) is 52.8 Å². The molecule has 0 saturated heterocycles. The normalized spacial score (nSPS) is 11.4. The zero-order valence-electron chi connectivity index (χ0n) is 19.6. The average molecular weight is 468 g/mol. The van der Waals surface area contributed by atoms with Gasteiger partial charge < -0.3 is 10.2 Å². The van der Waals surface area contributed by atoms with Crippen molar-refractivity contribution in [1.29, 1.82) is 0 Å². The number of aromatic nitrogens is 2. The van der Waals surface area contributed by atoms with Crippen LogP contribution in [0.25, 0.3) is 16.9 Å². The Labute approximate surface area is 199 Å². The maximum Gasteiger partial charge on any atom is 0.318 e. The summed E-state index contributed by atoms with van der Waals surface area (Å²) in [7, 11) is 0. The molecule has 3 amide bonds. The van der Waals surface area contributed by atoms with Gasteiger partial charge in [-0.15, -0.1) is 0 Å². The van der Waals surface area contributed by atoms with E-state index in [9.17, 15) is 9.59 Å². The maximum atomic E-state index is 13.0. The quantitative estimate of drug-likeness (QED) is 0.512. The minimum atomic E-state index is -0.409. The molecule has 0 bridgehead atoms. The fourth-order valence-electron chi connectivity index (χ4n) is 3.24. The van der Waals surface area contributed by atoms with Gasteiger partial charge in [0.25, 0.3) is 0 Å². The van der Waals surface area contributed by atoms with Crippen LogP contribution in [0.2, 0.25) is 5.02 Å². The van der Waals surface area contributed by atoms with Crippen LogP contribution in [0.1, 0.15) is 34.6 Å². The van der Waals surface area contributed by atoms with E-state index in [4.69, 9.17) is 11.6 Å². The van der Waals surface area contributed by atoms with Crippen LogP contribution >= 0.6 is 11.6 Å². The number of rotatable bonds is 6. The first-order valence-corrected chi connectivity index (χ1v) is 11.2. The molecule has 3 aromatic rings. The van der Waals surface area contributed by atoms with Crippen molar-refractivity contribution in [2.75, 3.05) is 11.9 Å². The van der Waals surface area contributed by atoms with E-state index in [-0.39, 0.29) is 24.5 Å². The Morgan fingerprint density at radius 2 is 1.79 bits per heavy atom. The lowest BCUT2D eigenvalue weighted by molar-refractivity contribution is -0.117. The monoisotopic (exact) mass is 467 g/mol. The second-order valence-corrected chi connectivity index (χ2v) is 9.55. The Kier molecular flexibility index (Phi) is 7.43. The van der Waals surface area contributed by atoms with E-state index in [1.54, 1.807) is 16.7 Å². The first-order valence-electron chi connectivity index (χ1n) is 10.8. The fraction of sp³-hybridized carbons (Fsp3) is 0.320. The molecule has 0 radical (unpaired) electrons. The molecule has 0 aliphatic carbocycles. The molecule has 0 spiro atoms. The fourth-order valence-corrected chi connectivity index (χ4v) is 3.42. The Bertz CT molecular complexity index is 1120. The number of halogens is 1. The molecule has 8 heteroatoms. The molecule has 0 saturated carbocycles. The summed E-state index contributed by atoms with van der Waals surface area (Å²) in [6, 6.07) is 16.5. The third-order valence-electron chi connectivity index (χ3n) is 4.79. The molecular formula is C25H30ClN5O2. The lowest BCUT2D eigenvalue weighted by Gasteiger charge is -2.30. The van der Waals surface area contributed by atoms with Crippen molar-refractivity contribution in [2.45, 2.75) is 46.2 Å². The molecule has 174 valence electrons. The molecule has 0 fully saturated rings. The van der Waals surface area contributed by atoms with Crippen LogP contribution in [-0.2, 0) is 4.79 Å². The van der Waals surface area contributed by atoms with Gasteiger partial charge in [0.15, 0.2) is 0 Å². The summed E-state index contributed by atoms with van der Waals surface area (Å²) >= 11 is 6.20. The smallest absolute Gasteiger partial charge is 0.318 e. The number of urea groups is 1. The lowest BCUT2D eigenvalue weighted by atomic mass is 10.1. The third-order valence-corrected chi connectivity index (χ3v) is 5.03. The SMILES string of the molecule is CC(C)N(CC(=O)Nc1nc(-c2ccccc2)cn1-c1cccc(Cl)c1)C(=O)NC(C)(C)C. The summed E-state index contributed by atoms with van der Waals surface area (Å²) in [5.74, 6) is 0.00213. The van der Waals surface area contributed by atoms with Crippen LogP contribution in [-0.4, -0.2) is 44.5 Å². The largest absolute Gasteiger partial charge is 0.333 e. The zero-order chi connectivity index (χ0) is 24.2. The number of carbonyl (C=O) groups excluding carboxylic acids is 2. The molecule has 0 atom stereocenters. The number of benzene rings is 2. The van der Waals surface area contributed by atoms with Crippen molar-refractivity contribution in [3.05, 3.63) is 65.8 Å². The predicted molar refractivity (Wildman–Crippen MR) is 133 cm³/mol. The molecule has 7 nitrogen and oxygen atoms in total. The van der Waals surface area contributed by atoms with E-state index in [0.29, 0.717) is 16.7 Å². The van der Waals surface area contributed by atoms with Crippen LogP contribution < -0.4 is 10.6 Å². The van der Waals surface area contributed by atoms with Gasteiger partial charge >= 0.3 is 6.03 Å². The summed E-state index contributed by atoms with van der Waals surface area (Å²) in [6.45, 7) is 9.33. The van der Waals surface area contributed by atoms with Gasteiger partial charge in [0.05, 0.1) is 5.69 Å². The van der Waals surface area contributed by atoms with Crippen molar-refractivity contribution in [3.8, 4) is 16.9 Å². The number of anilines is 1. The third kappa shape index (κ3) is 6.58. The van der Waals surface area contributed by atoms with Crippen LogP contribution in [0.4, 0.5) is 10.7 Å². The summed E-state index contributed by atoms with van der Waals surface area (Å²) in [5.41, 5.74) is 1.98. The zero-order valence-corrected chi connectivity index (χ0v) is 20.3. The average Bonchev–Trinajstić information content (AvgIpc) is 3.15. The van der Waals surface area contributed by atoms with Gasteiger partial charge in [-0.2, -0.15) is 0 Å². The summed E-state index contributed by atoms with van der Waals surface area (Å²) < 4.78 is 1.78. The van der Waals surface area contributed by atoms with Crippen LogP contribution in [0.3, 0.4) is 0 Å². The van der Waals surface area contributed by atoms with Gasteiger partial charge in [-0.3, -0.25) is 14.7 Å². The molecule has 0 aliphatic heterocycles. The standard InChI is InChI=1S/C25H30ClN5O2/c1-17(2)30(24(33)29-25(3,4)5)16-22(32)28-23-27-21(18-10-7-6-8-11-18)15-31(23)20-13-9-12-19(26)14-20/h6-15,17H,16H2,1-5H3,(H,29,33)(H,27,28,32). The summed E-state index contributed by atoms with van der Waals surface area (Å²) in [6.07, 6.45) is 1.85. The predicted octanol–water partition coefficient (Wildman–Crippen LogP) is 5.35. The molecule has 0 unspecified atom stereocenters. The van der Waals surface area contributed by atoms with Crippen molar-refractivity contribution in [3.63, 3.8) is 0 Å². The first-order chi connectivity index (χ1) is 15.5. The van der Waals surface area contributed by atoms with E-state index < -0.39 is 5.54 Å². The number of carbonyl (C=O) groups is 2. The van der Waals surface area contributed by atoms with E-state index >= 15 is 0 Å². The van der Waals surface area contributed by atoms with Crippen molar-refractivity contribution in [1.82, 2.24) is 19.8 Å². The molecule has 0 aliphatic rings.